The zero-order chi connectivity index (χ0) is 17.5. The third-order valence-electron chi connectivity index (χ3n) is 4.53. The molecule has 1 aromatic carbocycles. The van der Waals surface area contributed by atoms with E-state index in [4.69, 9.17) is 0 Å². The van der Waals surface area contributed by atoms with Gasteiger partial charge in [-0.15, -0.1) is 0 Å². The molecule has 0 spiro atoms. The lowest BCUT2D eigenvalue weighted by Gasteiger charge is -2.16. The van der Waals surface area contributed by atoms with E-state index in [1.165, 1.54) is 29.2 Å². The molecule has 1 heterocycles. The van der Waals surface area contributed by atoms with Crippen LogP contribution in [0.15, 0.2) is 29.2 Å². The second-order valence-corrected chi connectivity index (χ2v) is 7.37. The molecule has 1 aliphatic heterocycles. The molecule has 1 saturated carbocycles. The second-order valence-electron chi connectivity index (χ2n) is 6.23. The maximum Gasteiger partial charge on any atom is 0.446 e. The lowest BCUT2D eigenvalue weighted by atomic mass is 9.92. The molecule has 130 valence electrons. The predicted octanol–water partition coefficient (Wildman–Crippen LogP) is 3.48. The molecule has 1 saturated heterocycles. The van der Waals surface area contributed by atoms with E-state index in [1.54, 1.807) is 0 Å². The van der Waals surface area contributed by atoms with Crippen LogP contribution in [0.25, 0.3) is 0 Å². The average molecular weight is 359 g/mol. The van der Waals surface area contributed by atoms with Crippen LogP contribution in [0.1, 0.15) is 23.2 Å². The van der Waals surface area contributed by atoms with Gasteiger partial charge in [-0.25, -0.2) is 0 Å². The van der Waals surface area contributed by atoms with Crippen molar-refractivity contribution in [1.82, 2.24) is 4.90 Å². The summed E-state index contributed by atoms with van der Waals surface area (Å²) in [7, 11) is 0. The van der Waals surface area contributed by atoms with Crippen molar-refractivity contribution in [3.63, 3.8) is 0 Å². The maximum atomic E-state index is 12.5. The van der Waals surface area contributed by atoms with Gasteiger partial charge < -0.3 is 10.0 Å². The number of carbonyl (C=O) groups is 2. The summed E-state index contributed by atoms with van der Waals surface area (Å²) in [5.41, 5.74) is -4.09. The van der Waals surface area contributed by atoms with Gasteiger partial charge in [-0.3, -0.25) is 9.59 Å². The molecule has 1 N–H and O–H groups in total. The van der Waals surface area contributed by atoms with E-state index in [-0.39, 0.29) is 40.6 Å². The van der Waals surface area contributed by atoms with Crippen LogP contribution in [0.5, 0.6) is 0 Å². The van der Waals surface area contributed by atoms with Crippen LogP contribution in [-0.4, -0.2) is 40.5 Å². The van der Waals surface area contributed by atoms with Gasteiger partial charge in [0.05, 0.1) is 5.92 Å². The van der Waals surface area contributed by atoms with E-state index in [2.05, 4.69) is 0 Å². The molecular weight excluding hydrogens is 343 g/mol. The van der Waals surface area contributed by atoms with E-state index >= 15 is 0 Å². The highest BCUT2D eigenvalue weighted by Crippen LogP contribution is 2.44. The number of rotatable bonds is 4. The van der Waals surface area contributed by atoms with Gasteiger partial charge >= 0.3 is 11.5 Å². The van der Waals surface area contributed by atoms with Crippen LogP contribution >= 0.6 is 11.8 Å². The minimum absolute atomic E-state index is 0.0136. The number of aliphatic carboxylic acids is 1. The number of hydrogen-bond donors (Lipinski definition) is 1. The molecule has 1 amide bonds. The van der Waals surface area contributed by atoms with Crippen LogP contribution in [-0.2, 0) is 4.79 Å². The number of likely N-dealkylation sites (tertiary alicyclic amines) is 1. The molecule has 0 unspecified atom stereocenters. The molecule has 8 heteroatoms. The number of halogens is 3. The van der Waals surface area contributed by atoms with Gasteiger partial charge in [0.15, 0.2) is 0 Å². The SMILES string of the molecule is O=C(O)[C@H]1CN(C(=O)c2ccc(SC(F)(F)F)cc2)C[C@@H]1C1CC1. The fraction of sp³-hybridized carbons (Fsp3) is 0.500. The number of carbonyl (C=O) groups excluding carboxylic acids is 1. The standard InChI is InChI=1S/C16H16F3NO3S/c17-16(18,19)24-11-5-3-10(4-6-11)14(21)20-7-12(9-1-2-9)13(8-20)15(22)23/h3-6,9,12-13H,1-2,7-8H2,(H,22,23)/t12-,13+/m1/s1. The first-order valence-electron chi connectivity index (χ1n) is 7.62. The average Bonchev–Trinajstić information content (AvgIpc) is 3.24. The molecule has 0 radical (unpaired) electrons. The van der Waals surface area contributed by atoms with Gasteiger partial charge in [0.1, 0.15) is 0 Å². The van der Waals surface area contributed by atoms with Gasteiger partial charge in [0, 0.05) is 23.5 Å². The summed E-state index contributed by atoms with van der Waals surface area (Å²) >= 11 is -0.232. The number of nitrogens with zero attached hydrogens (tertiary/aromatic N) is 1. The van der Waals surface area contributed by atoms with Crippen molar-refractivity contribution in [3.05, 3.63) is 29.8 Å². The number of benzene rings is 1. The first kappa shape index (κ1) is 17.1. The lowest BCUT2D eigenvalue weighted by molar-refractivity contribution is -0.142. The summed E-state index contributed by atoms with van der Waals surface area (Å²) in [6, 6.07) is 5.23. The fourth-order valence-electron chi connectivity index (χ4n) is 3.24. The van der Waals surface area contributed by atoms with Crippen LogP contribution in [0.2, 0.25) is 0 Å². The maximum absolute atomic E-state index is 12.5. The minimum Gasteiger partial charge on any atom is -0.481 e. The Morgan fingerprint density at radius 2 is 1.75 bits per heavy atom. The number of hydrogen-bond acceptors (Lipinski definition) is 3. The normalized spacial score (nSPS) is 24.2. The zero-order valence-corrected chi connectivity index (χ0v) is 13.4. The van der Waals surface area contributed by atoms with Crippen molar-refractivity contribution in [2.24, 2.45) is 17.8 Å². The molecule has 2 atom stereocenters. The molecule has 2 fully saturated rings. The Morgan fingerprint density at radius 3 is 2.25 bits per heavy atom. The number of amides is 1. The minimum atomic E-state index is -4.37. The Kier molecular flexibility index (Phi) is 4.50. The number of carboxylic acid groups (broad SMARTS) is 1. The molecule has 1 aliphatic carbocycles. The highest BCUT2D eigenvalue weighted by atomic mass is 32.2. The molecule has 0 bridgehead atoms. The lowest BCUT2D eigenvalue weighted by Crippen LogP contribution is -2.29. The van der Waals surface area contributed by atoms with E-state index in [9.17, 15) is 27.9 Å². The van der Waals surface area contributed by atoms with Gasteiger partial charge in [0.25, 0.3) is 5.91 Å². The summed E-state index contributed by atoms with van der Waals surface area (Å²) in [5, 5.41) is 9.33. The van der Waals surface area contributed by atoms with Crippen molar-refractivity contribution in [1.29, 1.82) is 0 Å². The van der Waals surface area contributed by atoms with Crippen LogP contribution < -0.4 is 0 Å². The fourth-order valence-corrected chi connectivity index (χ4v) is 3.78. The van der Waals surface area contributed by atoms with E-state index in [1.807, 2.05) is 0 Å². The predicted molar refractivity (Wildman–Crippen MR) is 81.6 cm³/mol. The summed E-state index contributed by atoms with van der Waals surface area (Å²) in [5.74, 6) is -1.42. The first-order valence-corrected chi connectivity index (χ1v) is 8.44. The van der Waals surface area contributed by atoms with Crippen molar-refractivity contribution >= 4 is 23.6 Å². The van der Waals surface area contributed by atoms with Gasteiger partial charge in [0.2, 0.25) is 0 Å². The third kappa shape index (κ3) is 3.85. The summed E-state index contributed by atoms with van der Waals surface area (Å²) in [6.45, 7) is 0.563. The molecular formula is C16H16F3NO3S. The summed E-state index contributed by atoms with van der Waals surface area (Å²) in [4.78, 5) is 25.4. The second kappa shape index (κ2) is 6.31. The highest BCUT2D eigenvalue weighted by Gasteiger charge is 2.46. The van der Waals surface area contributed by atoms with E-state index in [0.717, 1.165) is 12.8 Å². The van der Waals surface area contributed by atoms with E-state index in [0.29, 0.717) is 12.5 Å². The largest absolute Gasteiger partial charge is 0.481 e. The molecule has 0 aromatic heterocycles. The monoisotopic (exact) mass is 359 g/mol. The Balaban J connectivity index is 1.69. The molecule has 24 heavy (non-hydrogen) atoms. The van der Waals surface area contributed by atoms with Crippen molar-refractivity contribution in [2.75, 3.05) is 13.1 Å². The summed E-state index contributed by atoms with van der Waals surface area (Å²) < 4.78 is 37.0. The number of alkyl halides is 3. The molecule has 3 rings (SSSR count). The molecule has 2 aliphatic rings. The quantitative estimate of drug-likeness (QED) is 0.837. The van der Waals surface area contributed by atoms with E-state index < -0.39 is 17.4 Å². The van der Waals surface area contributed by atoms with Crippen LogP contribution in [0.4, 0.5) is 13.2 Å². The topological polar surface area (TPSA) is 57.6 Å². The summed E-state index contributed by atoms with van der Waals surface area (Å²) in [6.07, 6.45) is 2.00. The molecule has 1 aromatic rings. The Morgan fingerprint density at radius 1 is 1.12 bits per heavy atom. The number of thioether (sulfide) groups is 1. The number of carboxylic acids is 1. The van der Waals surface area contributed by atoms with Crippen molar-refractivity contribution in [3.8, 4) is 0 Å². The highest BCUT2D eigenvalue weighted by molar-refractivity contribution is 8.00. The van der Waals surface area contributed by atoms with Gasteiger partial charge in [-0.2, -0.15) is 13.2 Å². The third-order valence-corrected chi connectivity index (χ3v) is 5.27. The Labute approximate surface area is 141 Å². The van der Waals surface area contributed by atoms with Crippen LogP contribution in [0.3, 0.4) is 0 Å². The zero-order valence-electron chi connectivity index (χ0n) is 12.6. The smallest absolute Gasteiger partial charge is 0.446 e. The van der Waals surface area contributed by atoms with Gasteiger partial charge in [-0.05, 0) is 60.7 Å². The van der Waals surface area contributed by atoms with Crippen molar-refractivity contribution < 1.29 is 27.9 Å². The van der Waals surface area contributed by atoms with Crippen molar-refractivity contribution in [2.45, 2.75) is 23.2 Å². The van der Waals surface area contributed by atoms with Gasteiger partial charge in [-0.1, -0.05) is 0 Å². The Hall–Kier alpha value is -1.70. The first-order chi connectivity index (χ1) is 11.2. The molecule has 4 nitrogen and oxygen atoms in total. The van der Waals surface area contributed by atoms with Crippen LogP contribution in [0, 0.1) is 17.8 Å². The Bertz CT molecular complexity index is 643.